The maximum atomic E-state index is 11.9. The summed E-state index contributed by atoms with van der Waals surface area (Å²) >= 11 is 0. The van der Waals surface area contributed by atoms with Crippen molar-refractivity contribution in [2.24, 2.45) is 12.1 Å². The Kier molecular flexibility index (Phi) is 5.83. The van der Waals surface area contributed by atoms with Crippen LogP contribution in [-0.4, -0.2) is 16.7 Å². The van der Waals surface area contributed by atoms with Gasteiger partial charge in [0, 0.05) is 18.9 Å². The maximum absolute atomic E-state index is 11.9. The van der Waals surface area contributed by atoms with Gasteiger partial charge in [-0.1, -0.05) is 42.5 Å². The first-order chi connectivity index (χ1) is 12.7. The lowest BCUT2D eigenvalue weighted by Gasteiger charge is -2.06. The lowest BCUT2D eigenvalue weighted by Crippen LogP contribution is -2.20. The Hall–Kier alpha value is -3.34. The van der Waals surface area contributed by atoms with Gasteiger partial charge in [0.15, 0.2) is 0 Å². The highest BCUT2D eigenvalue weighted by Gasteiger charge is 2.04. The van der Waals surface area contributed by atoms with Crippen molar-refractivity contribution in [2.45, 2.75) is 13.0 Å². The lowest BCUT2D eigenvalue weighted by molar-refractivity contribution is -0.120. The van der Waals surface area contributed by atoms with Gasteiger partial charge in [-0.3, -0.25) is 4.79 Å². The summed E-state index contributed by atoms with van der Waals surface area (Å²) in [5.41, 5.74) is 5.46. The number of hydrogen-bond acceptors (Lipinski definition) is 3. The summed E-state index contributed by atoms with van der Waals surface area (Å²) in [4.78, 5) is 11.9. The van der Waals surface area contributed by atoms with E-state index >= 15 is 0 Å². The van der Waals surface area contributed by atoms with Gasteiger partial charge in [0.05, 0.1) is 12.6 Å². The van der Waals surface area contributed by atoms with E-state index in [1.807, 2.05) is 84.5 Å². The molecule has 0 saturated carbocycles. The molecule has 0 saturated heterocycles. The van der Waals surface area contributed by atoms with E-state index in [-0.39, 0.29) is 5.91 Å². The van der Waals surface area contributed by atoms with Crippen LogP contribution < -0.4 is 10.2 Å². The molecule has 132 valence electrons. The van der Waals surface area contributed by atoms with Crippen molar-refractivity contribution in [1.82, 2.24) is 9.99 Å². The second kappa shape index (κ2) is 8.67. The van der Waals surface area contributed by atoms with Crippen LogP contribution in [0.15, 0.2) is 78.0 Å². The molecule has 3 rings (SSSR count). The Morgan fingerprint density at radius 2 is 1.96 bits per heavy atom. The topological polar surface area (TPSA) is 55.6 Å². The summed E-state index contributed by atoms with van der Waals surface area (Å²) in [5.74, 6) is 0.604. The second-order valence-corrected chi connectivity index (χ2v) is 5.93. The number of aromatic nitrogens is 1. The zero-order valence-electron chi connectivity index (χ0n) is 14.6. The minimum absolute atomic E-state index is 0.153. The Morgan fingerprint density at radius 3 is 2.73 bits per heavy atom. The van der Waals surface area contributed by atoms with Gasteiger partial charge in [-0.2, -0.15) is 5.10 Å². The third-order valence-corrected chi connectivity index (χ3v) is 3.90. The molecule has 0 aliphatic carbocycles. The first kappa shape index (κ1) is 17.5. The molecular weight excluding hydrogens is 326 g/mol. The summed E-state index contributed by atoms with van der Waals surface area (Å²) in [7, 11) is 1.91. The maximum Gasteiger partial charge on any atom is 0.245 e. The number of benzene rings is 2. The average molecular weight is 347 g/mol. The lowest BCUT2D eigenvalue weighted by atomic mass is 10.2. The molecule has 0 bridgehead atoms. The summed E-state index contributed by atoms with van der Waals surface area (Å²) in [6.45, 7) is 0.509. The van der Waals surface area contributed by atoms with Crippen LogP contribution >= 0.6 is 0 Å². The van der Waals surface area contributed by atoms with Crippen LogP contribution in [0, 0.1) is 0 Å². The number of hydrazone groups is 1. The van der Waals surface area contributed by atoms with Crippen LogP contribution in [0.3, 0.4) is 0 Å². The van der Waals surface area contributed by atoms with Crippen molar-refractivity contribution in [3.05, 3.63) is 89.7 Å². The second-order valence-electron chi connectivity index (χ2n) is 5.93. The van der Waals surface area contributed by atoms with Crippen LogP contribution in [0.4, 0.5) is 0 Å². The molecule has 0 spiro atoms. The van der Waals surface area contributed by atoms with Crippen molar-refractivity contribution in [3.8, 4) is 5.75 Å². The molecule has 0 aliphatic heterocycles. The fraction of sp³-hybridized carbons (Fsp3) is 0.143. The van der Waals surface area contributed by atoms with E-state index in [2.05, 4.69) is 10.5 Å². The van der Waals surface area contributed by atoms with Gasteiger partial charge < -0.3 is 9.30 Å². The molecule has 0 unspecified atom stereocenters. The van der Waals surface area contributed by atoms with Gasteiger partial charge in [-0.15, -0.1) is 0 Å². The molecule has 1 aromatic heterocycles. The zero-order chi connectivity index (χ0) is 18.2. The predicted octanol–water partition coefficient (Wildman–Crippen LogP) is 3.30. The number of carbonyl (C=O) groups excluding carboxylic acids is 1. The summed E-state index contributed by atoms with van der Waals surface area (Å²) in [6, 6.07) is 21.4. The molecule has 0 aliphatic rings. The molecule has 3 aromatic rings. The smallest absolute Gasteiger partial charge is 0.245 e. The van der Waals surface area contributed by atoms with E-state index in [0.29, 0.717) is 13.0 Å². The minimum Gasteiger partial charge on any atom is -0.489 e. The first-order valence-corrected chi connectivity index (χ1v) is 8.39. The van der Waals surface area contributed by atoms with Crippen LogP contribution in [0.5, 0.6) is 5.75 Å². The Labute approximate surface area is 152 Å². The molecule has 5 nitrogen and oxygen atoms in total. The number of nitrogens with zero attached hydrogens (tertiary/aromatic N) is 2. The van der Waals surface area contributed by atoms with Crippen LogP contribution in [0.25, 0.3) is 0 Å². The normalized spacial score (nSPS) is 10.8. The number of carbonyl (C=O) groups is 1. The van der Waals surface area contributed by atoms with E-state index in [0.717, 1.165) is 22.6 Å². The third-order valence-electron chi connectivity index (χ3n) is 3.90. The van der Waals surface area contributed by atoms with E-state index in [9.17, 15) is 4.79 Å². The highest BCUT2D eigenvalue weighted by atomic mass is 16.5. The molecular formula is C21H21N3O2. The molecule has 26 heavy (non-hydrogen) atoms. The Balaban J connectivity index is 1.52. The number of amides is 1. The zero-order valence-corrected chi connectivity index (χ0v) is 14.6. The standard InChI is InChI=1S/C21H21N3O2/c1-24-12-6-10-19(24)14-21(25)23-22-15-18-9-5-11-20(13-18)26-16-17-7-3-2-4-8-17/h2-13,15H,14,16H2,1H3,(H,23,25)/b22-15+. The van der Waals surface area contributed by atoms with Gasteiger partial charge >= 0.3 is 0 Å². The molecule has 0 atom stereocenters. The van der Waals surface area contributed by atoms with E-state index < -0.39 is 0 Å². The van der Waals surface area contributed by atoms with Crippen molar-refractivity contribution in [2.75, 3.05) is 0 Å². The molecule has 1 N–H and O–H groups in total. The van der Waals surface area contributed by atoms with E-state index in [1.165, 1.54) is 0 Å². The molecule has 0 fully saturated rings. The van der Waals surface area contributed by atoms with Crippen LogP contribution in [-0.2, 0) is 24.9 Å². The molecule has 5 heteroatoms. The Morgan fingerprint density at radius 1 is 1.12 bits per heavy atom. The van der Waals surface area contributed by atoms with Gasteiger partial charge in [-0.25, -0.2) is 5.43 Å². The fourth-order valence-corrected chi connectivity index (χ4v) is 2.49. The highest BCUT2D eigenvalue weighted by molar-refractivity contribution is 5.83. The SMILES string of the molecule is Cn1cccc1CC(=O)N/N=C/c1cccc(OCc2ccccc2)c1. The highest BCUT2D eigenvalue weighted by Crippen LogP contribution is 2.14. The molecule has 1 heterocycles. The quantitative estimate of drug-likeness (QED) is 0.527. The van der Waals surface area contributed by atoms with E-state index in [4.69, 9.17) is 4.74 Å². The minimum atomic E-state index is -0.153. The fourth-order valence-electron chi connectivity index (χ4n) is 2.49. The van der Waals surface area contributed by atoms with E-state index in [1.54, 1.807) is 6.21 Å². The average Bonchev–Trinajstić information content (AvgIpc) is 3.06. The number of ether oxygens (including phenoxy) is 1. The summed E-state index contributed by atoms with van der Waals surface area (Å²) in [5, 5.41) is 4.02. The van der Waals surface area contributed by atoms with Gasteiger partial charge in [0.1, 0.15) is 12.4 Å². The third kappa shape index (κ3) is 5.08. The van der Waals surface area contributed by atoms with Crippen molar-refractivity contribution < 1.29 is 9.53 Å². The Bertz CT molecular complexity index is 885. The number of nitrogens with one attached hydrogen (secondary N) is 1. The summed E-state index contributed by atoms with van der Waals surface area (Å²) in [6.07, 6.45) is 3.81. The largest absolute Gasteiger partial charge is 0.489 e. The number of hydrogen-bond donors (Lipinski definition) is 1. The van der Waals surface area contributed by atoms with Crippen molar-refractivity contribution in [1.29, 1.82) is 0 Å². The van der Waals surface area contributed by atoms with Crippen LogP contribution in [0.2, 0.25) is 0 Å². The van der Waals surface area contributed by atoms with Crippen molar-refractivity contribution >= 4 is 12.1 Å². The summed E-state index contributed by atoms with van der Waals surface area (Å²) < 4.78 is 7.71. The number of rotatable bonds is 7. The first-order valence-electron chi connectivity index (χ1n) is 8.39. The molecule has 2 aromatic carbocycles. The monoisotopic (exact) mass is 347 g/mol. The van der Waals surface area contributed by atoms with Gasteiger partial charge in [-0.05, 0) is 35.4 Å². The molecule has 0 radical (unpaired) electrons. The number of aryl methyl sites for hydroxylation is 1. The van der Waals surface area contributed by atoms with Crippen LogP contribution in [0.1, 0.15) is 16.8 Å². The molecule has 1 amide bonds. The van der Waals surface area contributed by atoms with Crippen molar-refractivity contribution in [3.63, 3.8) is 0 Å². The predicted molar refractivity (Wildman–Crippen MR) is 102 cm³/mol. The van der Waals surface area contributed by atoms with Gasteiger partial charge in [0.25, 0.3) is 0 Å². The van der Waals surface area contributed by atoms with Gasteiger partial charge in [0.2, 0.25) is 5.91 Å².